The predicted octanol–water partition coefficient (Wildman–Crippen LogP) is 1.97. The molecule has 16 heteroatoms. The molecule has 0 aliphatic rings. The number of aryl methyl sites for hydroxylation is 1. The Bertz CT molecular complexity index is 816. The molecule has 1 rings (SSSR count). The molecule has 0 saturated carbocycles. The van der Waals surface area contributed by atoms with Crippen LogP contribution in [0.1, 0.15) is 25.6 Å². The Morgan fingerprint density at radius 3 is 1.96 bits per heavy atom. The van der Waals surface area contributed by atoms with E-state index >= 15 is 0 Å². The predicted molar refractivity (Wildman–Crippen MR) is 86.0 cm³/mol. The highest BCUT2D eigenvalue weighted by Gasteiger charge is 2.37. The first-order valence-electron chi connectivity index (χ1n) is 6.35. The summed E-state index contributed by atoms with van der Waals surface area (Å²) in [6.45, 7) is 3.20. The van der Waals surface area contributed by atoms with E-state index in [1.807, 2.05) is 13.8 Å². The fourth-order valence-electron chi connectivity index (χ4n) is 1.52. The van der Waals surface area contributed by atoms with Gasteiger partial charge in [-0.2, -0.15) is 21.6 Å². The molecule has 0 bridgehead atoms. The van der Waals surface area contributed by atoms with Gasteiger partial charge in [-0.25, -0.2) is 17.2 Å². The second-order valence-corrected chi connectivity index (χ2v) is 10.3. The zero-order valence-electron chi connectivity index (χ0n) is 13.4. The van der Waals surface area contributed by atoms with Crippen LogP contribution in [-0.2, 0) is 31.7 Å². The lowest BCUT2D eigenvalue weighted by atomic mass is 10.2. The van der Waals surface area contributed by atoms with E-state index in [2.05, 4.69) is 0 Å². The number of imidazole rings is 1. The maximum atomic E-state index is 12.0. The average Bonchev–Trinajstić information content (AvgIpc) is 2.77. The Morgan fingerprint density at radius 2 is 1.65 bits per heavy atom. The highest BCUT2D eigenvalue weighted by molar-refractivity contribution is 7.86. The van der Waals surface area contributed by atoms with Crippen LogP contribution in [0.3, 0.4) is 0 Å². The molecule has 0 unspecified atom stereocenters. The molecule has 0 aliphatic heterocycles. The second kappa shape index (κ2) is 8.80. The van der Waals surface area contributed by atoms with E-state index in [-0.39, 0.29) is 5.92 Å². The maximum Gasteiger partial charge on any atom is 0.485 e. The molecule has 8 nitrogen and oxygen atoms in total. The van der Waals surface area contributed by atoms with Crippen molar-refractivity contribution in [3.63, 3.8) is 0 Å². The number of aromatic nitrogens is 2. The van der Waals surface area contributed by atoms with Gasteiger partial charge in [-0.3, -0.25) is 0 Å². The fraction of sp³-hybridized carbons (Fsp3) is 0.700. The van der Waals surface area contributed by atoms with E-state index < -0.39 is 36.3 Å². The van der Waals surface area contributed by atoms with Crippen molar-refractivity contribution >= 4 is 55.2 Å². The molecular weight excluding hydrogens is 472 g/mol. The summed E-state index contributed by atoms with van der Waals surface area (Å²) < 4.78 is 88.5. The molecule has 0 radical (unpaired) electrons. The molecule has 1 heterocycles. The highest BCUT2D eigenvalue weighted by atomic mass is 35.6. The average molecular weight is 486 g/mol. The van der Waals surface area contributed by atoms with Crippen molar-refractivity contribution in [1.82, 2.24) is 3.97 Å². The number of alkyl halides is 6. The van der Waals surface area contributed by atoms with E-state index in [4.69, 9.17) is 52.0 Å². The zero-order valence-corrected chi connectivity index (χ0v) is 17.3. The number of halogens is 6. The van der Waals surface area contributed by atoms with Crippen LogP contribution in [0, 0.1) is 0 Å². The van der Waals surface area contributed by atoms with Crippen LogP contribution >= 0.6 is 34.8 Å². The fourth-order valence-corrected chi connectivity index (χ4v) is 3.09. The molecule has 1 aromatic rings. The molecule has 1 aromatic heterocycles. The molecule has 0 aromatic carbocycles. The normalized spacial score (nSPS) is 13.5. The van der Waals surface area contributed by atoms with Crippen LogP contribution in [0.2, 0.25) is 0 Å². The van der Waals surface area contributed by atoms with Gasteiger partial charge in [-0.05, 0) is 0 Å². The van der Waals surface area contributed by atoms with Crippen molar-refractivity contribution in [2.75, 3.05) is 6.61 Å². The maximum absolute atomic E-state index is 12.0. The van der Waals surface area contributed by atoms with Crippen LogP contribution in [-0.4, -0.2) is 41.3 Å². The number of hydrogen-bond acceptors (Lipinski definition) is 6. The lowest BCUT2D eigenvalue weighted by molar-refractivity contribution is -0.679. The third kappa shape index (κ3) is 8.15. The van der Waals surface area contributed by atoms with Gasteiger partial charge < -0.3 is 4.55 Å². The number of nitrogens with zero attached hydrogens (tertiary/aromatic N) is 2. The quantitative estimate of drug-likeness (QED) is 0.279. The number of hydrogen-bond donors (Lipinski definition) is 0. The Hall–Kier alpha value is -0.310. The Morgan fingerprint density at radius 1 is 1.23 bits per heavy atom. The molecule has 0 aliphatic carbocycles. The van der Waals surface area contributed by atoms with E-state index in [0.717, 1.165) is 3.97 Å². The lowest BCUT2D eigenvalue weighted by Gasteiger charge is -2.10. The van der Waals surface area contributed by atoms with E-state index in [1.54, 1.807) is 17.8 Å². The van der Waals surface area contributed by atoms with Gasteiger partial charge >= 0.3 is 15.8 Å². The Kier molecular flexibility index (Phi) is 8.69. The minimum Gasteiger partial charge on any atom is -0.741 e. The topological polar surface area (TPSA) is 109 Å². The molecule has 0 spiro atoms. The summed E-state index contributed by atoms with van der Waals surface area (Å²) in [5, 5.41) is 0. The third-order valence-corrected chi connectivity index (χ3v) is 4.53. The van der Waals surface area contributed by atoms with Crippen LogP contribution in [0.4, 0.5) is 13.2 Å². The lowest BCUT2D eigenvalue weighted by Crippen LogP contribution is -2.35. The summed E-state index contributed by atoms with van der Waals surface area (Å²) in [6.07, 6.45) is 3.01. The SMILES string of the molecule is CC(C)c1n(S(=O)(=O)OCC(Cl)(Cl)Cl)cc[n+]1C.O=S(=O)([O-])C(F)(F)F. The van der Waals surface area contributed by atoms with Gasteiger partial charge in [0.05, 0.1) is 13.0 Å². The van der Waals surface area contributed by atoms with Gasteiger partial charge in [0, 0.05) is 0 Å². The summed E-state index contributed by atoms with van der Waals surface area (Å²) >= 11 is 16.4. The Balaban J connectivity index is 0.000000660. The summed E-state index contributed by atoms with van der Waals surface area (Å²) in [5.74, 6) is 0.565. The third-order valence-electron chi connectivity index (χ3n) is 2.43. The van der Waals surface area contributed by atoms with Crippen LogP contribution in [0.25, 0.3) is 0 Å². The second-order valence-electron chi connectivity index (χ2n) is 4.95. The molecule has 26 heavy (non-hydrogen) atoms. The van der Waals surface area contributed by atoms with Crippen molar-refractivity contribution < 1.29 is 43.3 Å². The molecule has 0 saturated heterocycles. The van der Waals surface area contributed by atoms with Gasteiger partial charge in [0.25, 0.3) is 5.82 Å². The first kappa shape index (κ1) is 25.7. The van der Waals surface area contributed by atoms with Gasteiger partial charge in [-0.15, -0.1) is 0 Å². The van der Waals surface area contributed by atoms with Crippen LogP contribution < -0.4 is 4.57 Å². The minimum atomic E-state index is -6.09. The van der Waals surface area contributed by atoms with Crippen molar-refractivity contribution in [2.45, 2.75) is 29.1 Å². The van der Waals surface area contributed by atoms with E-state index in [0.29, 0.717) is 5.82 Å². The summed E-state index contributed by atoms with van der Waals surface area (Å²) in [6, 6.07) is 0. The largest absolute Gasteiger partial charge is 0.741 e. The summed E-state index contributed by atoms with van der Waals surface area (Å²) in [5.41, 5.74) is -5.65. The van der Waals surface area contributed by atoms with Crippen molar-refractivity contribution in [1.29, 1.82) is 0 Å². The first-order chi connectivity index (χ1) is 11.3. The monoisotopic (exact) mass is 484 g/mol. The first-order valence-corrected chi connectivity index (χ1v) is 10.3. The zero-order chi connectivity index (χ0) is 21.1. The summed E-state index contributed by atoms with van der Waals surface area (Å²) in [7, 11) is -8.35. The molecule has 0 fully saturated rings. The van der Waals surface area contributed by atoms with Crippen molar-refractivity contribution in [2.24, 2.45) is 7.05 Å². The standard InChI is InChI=1S/C9H14Cl3N2O3S.CHF3O3S/c1-7(2)8-13(3)4-5-14(8)18(15,16)17-6-9(10,11)12;2-1(3,4)8(5,6)7/h4-5,7H,6H2,1-3H3;(H,5,6,7)/q+1;/p-1. The van der Waals surface area contributed by atoms with E-state index in [1.165, 1.54) is 6.20 Å². The van der Waals surface area contributed by atoms with E-state index in [9.17, 15) is 21.6 Å². The van der Waals surface area contributed by atoms with Crippen LogP contribution in [0.15, 0.2) is 12.4 Å². The highest BCUT2D eigenvalue weighted by Crippen LogP contribution is 2.27. The molecule has 154 valence electrons. The van der Waals surface area contributed by atoms with Crippen molar-refractivity contribution in [3.8, 4) is 0 Å². The molecule has 0 atom stereocenters. The van der Waals surface area contributed by atoms with Crippen LogP contribution in [0.5, 0.6) is 0 Å². The van der Waals surface area contributed by atoms with Gasteiger partial charge in [0.1, 0.15) is 19.0 Å². The smallest absolute Gasteiger partial charge is 0.485 e. The molecule has 0 N–H and O–H groups in total. The minimum absolute atomic E-state index is 0.00358. The van der Waals surface area contributed by atoms with Gasteiger partial charge in [0.15, 0.2) is 10.1 Å². The molecule has 0 amide bonds. The Labute approximate surface area is 163 Å². The molecular formula is C10H14Cl3F3N2O6S2. The van der Waals surface area contributed by atoms with Crippen molar-refractivity contribution in [3.05, 3.63) is 18.2 Å². The van der Waals surface area contributed by atoms with Gasteiger partial charge in [0.2, 0.25) is 3.79 Å². The summed E-state index contributed by atoms with van der Waals surface area (Å²) in [4.78, 5) is 0. The number of rotatable bonds is 4. The van der Waals surface area contributed by atoms with Gasteiger partial charge in [-0.1, -0.05) is 52.6 Å².